The van der Waals surface area contributed by atoms with Crippen molar-refractivity contribution < 1.29 is 13.6 Å². The van der Waals surface area contributed by atoms with E-state index in [1.807, 2.05) is 44.2 Å². The van der Waals surface area contributed by atoms with Gasteiger partial charge in [-0.3, -0.25) is 4.79 Å². The summed E-state index contributed by atoms with van der Waals surface area (Å²) in [7, 11) is 0. The first-order valence-corrected chi connectivity index (χ1v) is 10.8. The fourth-order valence-electron chi connectivity index (χ4n) is 4.96. The molecule has 4 rings (SSSR count). The van der Waals surface area contributed by atoms with E-state index in [4.69, 9.17) is 17.3 Å². The van der Waals surface area contributed by atoms with Crippen molar-refractivity contribution in [3.8, 4) is 11.1 Å². The van der Waals surface area contributed by atoms with Gasteiger partial charge in [-0.25, -0.2) is 8.78 Å². The molecule has 3 aromatic carbocycles. The summed E-state index contributed by atoms with van der Waals surface area (Å²) in [6.45, 7) is 5.98. The summed E-state index contributed by atoms with van der Waals surface area (Å²) in [5, 5.41) is -0.183. The minimum atomic E-state index is -0.776. The first-order valence-electron chi connectivity index (χ1n) is 10.4. The second-order valence-corrected chi connectivity index (χ2v) is 8.86. The highest BCUT2D eigenvalue weighted by Gasteiger charge is 2.44. The van der Waals surface area contributed by atoms with Gasteiger partial charge in [0, 0.05) is 22.1 Å². The van der Waals surface area contributed by atoms with Crippen molar-refractivity contribution >= 4 is 17.5 Å². The van der Waals surface area contributed by atoms with E-state index in [2.05, 4.69) is 6.92 Å². The molecule has 2 atom stereocenters. The molecule has 2 N–H and O–H groups in total. The first kappa shape index (κ1) is 21.5. The average molecular weight is 440 g/mol. The number of primary amides is 1. The zero-order valence-electron chi connectivity index (χ0n) is 17.7. The van der Waals surface area contributed by atoms with E-state index in [1.54, 1.807) is 6.07 Å². The van der Waals surface area contributed by atoms with Gasteiger partial charge in [-0.2, -0.15) is 0 Å². The third-order valence-corrected chi connectivity index (χ3v) is 7.21. The molecule has 1 aliphatic rings. The molecule has 0 fully saturated rings. The Morgan fingerprint density at radius 2 is 1.84 bits per heavy atom. The Morgan fingerprint density at radius 1 is 1.16 bits per heavy atom. The molecule has 1 amide bonds. The van der Waals surface area contributed by atoms with E-state index in [-0.39, 0.29) is 33.0 Å². The van der Waals surface area contributed by atoms with E-state index < -0.39 is 17.5 Å². The number of halogens is 3. The quantitative estimate of drug-likeness (QED) is 0.491. The largest absolute Gasteiger partial charge is 0.366 e. The lowest BCUT2D eigenvalue weighted by molar-refractivity contribution is 0.100. The lowest BCUT2D eigenvalue weighted by Crippen LogP contribution is -2.25. The van der Waals surface area contributed by atoms with Crippen molar-refractivity contribution in [2.45, 2.75) is 44.9 Å². The summed E-state index contributed by atoms with van der Waals surface area (Å²) < 4.78 is 30.6. The number of carbonyl (C=O) groups excluding carboxylic acids is 1. The molecule has 5 heteroatoms. The predicted molar refractivity (Wildman–Crippen MR) is 121 cm³/mol. The Balaban J connectivity index is 2.05. The molecule has 3 aromatic rings. The maximum atomic E-state index is 15.6. The Labute approximate surface area is 186 Å². The van der Waals surface area contributed by atoms with Gasteiger partial charge < -0.3 is 5.73 Å². The van der Waals surface area contributed by atoms with Crippen LogP contribution in [0.25, 0.3) is 11.1 Å². The van der Waals surface area contributed by atoms with Gasteiger partial charge in [0.1, 0.15) is 11.6 Å². The van der Waals surface area contributed by atoms with Gasteiger partial charge in [0.25, 0.3) is 0 Å². The highest BCUT2D eigenvalue weighted by molar-refractivity contribution is 6.34. The van der Waals surface area contributed by atoms with Crippen molar-refractivity contribution in [2.24, 2.45) is 5.73 Å². The lowest BCUT2D eigenvalue weighted by atomic mass is 9.72. The van der Waals surface area contributed by atoms with Crippen molar-refractivity contribution in [2.75, 3.05) is 0 Å². The van der Waals surface area contributed by atoms with Crippen LogP contribution in [-0.4, -0.2) is 5.91 Å². The average Bonchev–Trinajstić information content (AvgIpc) is 3.00. The number of nitrogens with two attached hydrogens (primary N) is 1. The summed E-state index contributed by atoms with van der Waals surface area (Å²) in [5.41, 5.74) is 8.57. The van der Waals surface area contributed by atoms with E-state index in [0.29, 0.717) is 18.4 Å². The van der Waals surface area contributed by atoms with Crippen LogP contribution in [0.2, 0.25) is 5.02 Å². The topological polar surface area (TPSA) is 43.1 Å². The number of amides is 1. The van der Waals surface area contributed by atoms with Crippen LogP contribution < -0.4 is 5.73 Å². The number of aryl methyl sites for hydroxylation is 1. The number of carbonyl (C=O) groups is 1. The van der Waals surface area contributed by atoms with E-state index >= 15 is 4.39 Å². The fourth-order valence-corrected chi connectivity index (χ4v) is 5.21. The Kier molecular flexibility index (Phi) is 5.38. The van der Waals surface area contributed by atoms with Crippen LogP contribution in [-0.2, 0) is 18.3 Å². The molecule has 0 radical (unpaired) electrons. The van der Waals surface area contributed by atoms with Crippen LogP contribution >= 0.6 is 11.6 Å². The van der Waals surface area contributed by atoms with Crippen molar-refractivity contribution in [3.63, 3.8) is 0 Å². The zero-order chi connectivity index (χ0) is 22.5. The molecule has 2 unspecified atom stereocenters. The van der Waals surface area contributed by atoms with Gasteiger partial charge in [-0.15, -0.1) is 0 Å². The molecule has 0 heterocycles. The third kappa shape index (κ3) is 3.25. The van der Waals surface area contributed by atoms with Gasteiger partial charge in [0.15, 0.2) is 0 Å². The van der Waals surface area contributed by atoms with E-state index in [9.17, 15) is 9.18 Å². The summed E-state index contributed by atoms with van der Waals surface area (Å²) in [6, 6.07) is 14.5. The molecule has 2 nitrogen and oxygen atoms in total. The molecule has 0 aliphatic heterocycles. The summed E-state index contributed by atoms with van der Waals surface area (Å²) in [6.07, 6.45) is 1.000. The normalized spacial score (nSPS) is 20.0. The highest BCUT2D eigenvalue weighted by atomic mass is 35.5. The summed E-state index contributed by atoms with van der Waals surface area (Å²) >= 11 is 6.47. The minimum absolute atomic E-state index is 0.00300. The number of benzene rings is 3. The van der Waals surface area contributed by atoms with Crippen LogP contribution in [0.4, 0.5) is 8.78 Å². The van der Waals surface area contributed by atoms with Crippen LogP contribution in [0.1, 0.15) is 59.3 Å². The Bertz CT molecular complexity index is 1190. The van der Waals surface area contributed by atoms with E-state index in [0.717, 1.165) is 16.7 Å². The second-order valence-electron chi connectivity index (χ2n) is 8.48. The number of rotatable bonds is 4. The van der Waals surface area contributed by atoms with Crippen molar-refractivity contribution in [1.29, 1.82) is 0 Å². The van der Waals surface area contributed by atoms with Gasteiger partial charge in [0.05, 0.1) is 5.02 Å². The second kappa shape index (κ2) is 7.76. The zero-order valence-corrected chi connectivity index (χ0v) is 18.5. The highest BCUT2D eigenvalue weighted by Crippen LogP contribution is 2.54. The summed E-state index contributed by atoms with van der Waals surface area (Å²) in [4.78, 5) is 12.2. The van der Waals surface area contributed by atoms with Crippen LogP contribution in [0.5, 0.6) is 0 Å². The lowest BCUT2D eigenvalue weighted by Gasteiger charge is -2.31. The first-order chi connectivity index (χ1) is 14.7. The molecule has 0 bridgehead atoms. The van der Waals surface area contributed by atoms with Gasteiger partial charge in [-0.1, -0.05) is 68.8 Å². The van der Waals surface area contributed by atoms with E-state index in [1.165, 1.54) is 12.1 Å². The van der Waals surface area contributed by atoms with Gasteiger partial charge >= 0.3 is 0 Å². The predicted octanol–water partition coefficient (Wildman–Crippen LogP) is 6.56. The van der Waals surface area contributed by atoms with Crippen LogP contribution in [0, 0.1) is 11.6 Å². The van der Waals surface area contributed by atoms with Gasteiger partial charge in [-0.05, 0) is 53.1 Å². The smallest absolute Gasteiger partial charge is 0.249 e. The molecular formula is C26H24ClF2NO. The molecule has 31 heavy (non-hydrogen) atoms. The number of fused-ring (bicyclic) bond motifs is 1. The SMILES string of the molecule is CCc1ccc(C(N)=O)c(-c2c(Cl)c(F)cc3c2C(C)C(C)(c2ccccc2)C3)c1F. The molecular weight excluding hydrogens is 416 g/mol. The van der Waals surface area contributed by atoms with Crippen molar-refractivity contribution in [3.05, 3.63) is 93.0 Å². The molecule has 0 saturated carbocycles. The van der Waals surface area contributed by atoms with Gasteiger partial charge in [0.2, 0.25) is 5.91 Å². The van der Waals surface area contributed by atoms with Crippen molar-refractivity contribution in [1.82, 2.24) is 0 Å². The molecule has 160 valence electrons. The molecule has 0 saturated heterocycles. The fraction of sp³-hybridized carbons (Fsp3) is 0.269. The minimum Gasteiger partial charge on any atom is -0.366 e. The Morgan fingerprint density at radius 3 is 2.45 bits per heavy atom. The number of hydrogen-bond acceptors (Lipinski definition) is 1. The Hall–Kier alpha value is -2.72. The monoisotopic (exact) mass is 439 g/mol. The molecule has 0 spiro atoms. The standard InChI is InChI=1S/C26H24ClF2NO/c1-4-15-10-11-18(25(30)31)21(24(15)29)22-20-14(2)26(3,17-8-6-5-7-9-17)13-16(20)12-19(28)23(22)27/h5-12,14H,4,13H2,1-3H3,(H2,30,31). The maximum absolute atomic E-state index is 15.6. The third-order valence-electron chi connectivity index (χ3n) is 6.84. The summed E-state index contributed by atoms with van der Waals surface area (Å²) in [5.74, 6) is -2.07. The molecule has 0 aromatic heterocycles. The van der Waals surface area contributed by atoms with Crippen LogP contribution in [0.3, 0.4) is 0 Å². The molecule has 1 aliphatic carbocycles. The van der Waals surface area contributed by atoms with Crippen LogP contribution in [0.15, 0.2) is 48.5 Å². The maximum Gasteiger partial charge on any atom is 0.249 e. The number of hydrogen-bond donors (Lipinski definition) is 1.